The number of hydrogen-bond donors (Lipinski definition) is 1. The molecule has 0 radical (unpaired) electrons. The van der Waals surface area contributed by atoms with Gasteiger partial charge in [-0.25, -0.2) is 0 Å². The van der Waals surface area contributed by atoms with E-state index in [2.05, 4.69) is 10.2 Å². The van der Waals surface area contributed by atoms with Gasteiger partial charge in [0.2, 0.25) is 5.91 Å². The van der Waals surface area contributed by atoms with Crippen molar-refractivity contribution in [2.24, 2.45) is 11.8 Å². The molecule has 3 aromatic carbocycles. The van der Waals surface area contributed by atoms with Gasteiger partial charge in [0.25, 0.3) is 0 Å². The first-order chi connectivity index (χ1) is 16.9. The molecule has 6 heteroatoms. The maximum atomic E-state index is 13.6. The normalized spacial score (nSPS) is 22.3. The Balaban J connectivity index is 1.27. The van der Waals surface area contributed by atoms with Gasteiger partial charge in [-0.2, -0.15) is 13.2 Å². The summed E-state index contributed by atoms with van der Waals surface area (Å²) in [4.78, 5) is 15.8. The summed E-state index contributed by atoms with van der Waals surface area (Å²) in [6.07, 6.45) is -2.37. The number of hydrogen-bond acceptors (Lipinski definition) is 2. The summed E-state index contributed by atoms with van der Waals surface area (Å²) in [5.41, 5.74) is 1.99. The zero-order valence-electron chi connectivity index (χ0n) is 19.4. The predicted octanol–water partition coefficient (Wildman–Crippen LogP) is 5.86. The van der Waals surface area contributed by atoms with Crippen LogP contribution in [0.1, 0.15) is 41.0 Å². The van der Waals surface area contributed by atoms with Crippen LogP contribution in [0, 0.1) is 11.8 Å². The van der Waals surface area contributed by atoms with Crippen molar-refractivity contribution < 1.29 is 18.0 Å². The number of carbonyl (C=O) groups is 1. The van der Waals surface area contributed by atoms with Crippen molar-refractivity contribution in [2.75, 3.05) is 13.1 Å². The average molecular weight is 479 g/mol. The van der Waals surface area contributed by atoms with Gasteiger partial charge >= 0.3 is 6.18 Å². The number of likely N-dealkylation sites (tertiary alicyclic amines) is 1. The van der Waals surface area contributed by atoms with Crippen LogP contribution in [0.5, 0.6) is 0 Å². The summed E-state index contributed by atoms with van der Waals surface area (Å²) < 4.78 is 39.3. The summed E-state index contributed by atoms with van der Waals surface area (Å²) in [6, 6.07) is 25.3. The minimum Gasteiger partial charge on any atom is -0.352 e. The number of nitrogens with zero attached hydrogens (tertiary/aromatic N) is 1. The number of rotatable bonds is 6. The van der Waals surface area contributed by atoms with Crippen LogP contribution in [-0.4, -0.2) is 29.9 Å². The van der Waals surface area contributed by atoms with E-state index in [1.54, 1.807) is 6.07 Å². The SMILES string of the molecule is O=C(N[C@@H]1CC[C@@H]2CN(Cc3cccc(C(F)(F)F)c3)C[C@H]21)C(c1ccccc1)c1ccccc1. The fourth-order valence-corrected chi connectivity index (χ4v) is 5.82. The van der Waals surface area contributed by atoms with Crippen LogP contribution < -0.4 is 5.32 Å². The molecule has 0 spiro atoms. The number of fused-ring (bicyclic) bond motifs is 1. The molecule has 3 nitrogen and oxygen atoms in total. The third-order valence-electron chi connectivity index (χ3n) is 7.45. The van der Waals surface area contributed by atoms with Gasteiger partial charge in [0, 0.05) is 25.7 Å². The van der Waals surface area contributed by atoms with Gasteiger partial charge in [-0.15, -0.1) is 0 Å². The molecule has 1 amide bonds. The van der Waals surface area contributed by atoms with Gasteiger partial charge in [-0.05, 0) is 47.4 Å². The number of halogens is 3. The van der Waals surface area contributed by atoms with E-state index in [1.807, 2.05) is 60.7 Å². The largest absolute Gasteiger partial charge is 0.416 e. The zero-order chi connectivity index (χ0) is 24.4. The number of nitrogens with one attached hydrogen (secondary N) is 1. The van der Waals surface area contributed by atoms with Crippen LogP contribution in [0.25, 0.3) is 0 Å². The maximum Gasteiger partial charge on any atom is 0.416 e. The quantitative estimate of drug-likeness (QED) is 0.481. The number of benzene rings is 3. The summed E-state index contributed by atoms with van der Waals surface area (Å²) in [6.45, 7) is 2.13. The lowest BCUT2D eigenvalue weighted by Gasteiger charge is -2.25. The molecule has 1 heterocycles. The van der Waals surface area contributed by atoms with Crippen molar-refractivity contribution in [1.29, 1.82) is 0 Å². The first-order valence-corrected chi connectivity index (χ1v) is 12.2. The molecule has 1 saturated carbocycles. The Morgan fingerprint density at radius 3 is 2.17 bits per heavy atom. The Morgan fingerprint density at radius 2 is 1.54 bits per heavy atom. The molecule has 2 aliphatic rings. The molecule has 1 N–H and O–H groups in total. The van der Waals surface area contributed by atoms with E-state index in [-0.39, 0.29) is 17.9 Å². The van der Waals surface area contributed by atoms with Crippen molar-refractivity contribution in [3.05, 3.63) is 107 Å². The fraction of sp³-hybridized carbons (Fsp3) is 0.345. The van der Waals surface area contributed by atoms with Crippen molar-refractivity contribution >= 4 is 5.91 Å². The Morgan fingerprint density at radius 1 is 0.886 bits per heavy atom. The topological polar surface area (TPSA) is 32.3 Å². The van der Waals surface area contributed by atoms with Gasteiger partial charge in [0.05, 0.1) is 11.5 Å². The fourth-order valence-electron chi connectivity index (χ4n) is 5.82. The van der Waals surface area contributed by atoms with Crippen molar-refractivity contribution in [1.82, 2.24) is 10.2 Å². The van der Waals surface area contributed by atoms with E-state index in [0.717, 1.165) is 43.1 Å². The third-order valence-corrected chi connectivity index (χ3v) is 7.45. The van der Waals surface area contributed by atoms with E-state index in [1.165, 1.54) is 12.1 Å². The highest BCUT2D eigenvalue weighted by molar-refractivity contribution is 5.87. The highest BCUT2D eigenvalue weighted by Crippen LogP contribution is 2.39. The Bertz CT molecular complexity index is 1110. The van der Waals surface area contributed by atoms with E-state index in [0.29, 0.717) is 23.9 Å². The van der Waals surface area contributed by atoms with Crippen molar-refractivity contribution in [2.45, 2.75) is 37.5 Å². The first-order valence-electron chi connectivity index (χ1n) is 12.2. The van der Waals surface area contributed by atoms with Gasteiger partial charge in [-0.1, -0.05) is 78.9 Å². The van der Waals surface area contributed by atoms with E-state index in [4.69, 9.17) is 0 Å². The van der Waals surface area contributed by atoms with E-state index in [9.17, 15) is 18.0 Å². The molecule has 3 atom stereocenters. The van der Waals surface area contributed by atoms with Gasteiger partial charge < -0.3 is 5.32 Å². The monoisotopic (exact) mass is 478 g/mol. The first kappa shape index (κ1) is 23.6. The summed E-state index contributed by atoms with van der Waals surface area (Å²) in [5.74, 6) is 0.401. The van der Waals surface area contributed by atoms with Crippen LogP contribution in [0.2, 0.25) is 0 Å². The molecule has 0 unspecified atom stereocenters. The lowest BCUT2D eigenvalue weighted by Crippen LogP contribution is -2.42. The van der Waals surface area contributed by atoms with E-state index >= 15 is 0 Å². The third kappa shape index (κ3) is 5.27. The molecule has 1 saturated heterocycles. The predicted molar refractivity (Wildman–Crippen MR) is 130 cm³/mol. The molecular weight excluding hydrogens is 449 g/mol. The number of amides is 1. The number of carbonyl (C=O) groups excluding carboxylic acids is 1. The smallest absolute Gasteiger partial charge is 0.352 e. The zero-order valence-corrected chi connectivity index (χ0v) is 19.4. The summed E-state index contributed by atoms with van der Waals surface area (Å²) in [7, 11) is 0. The molecule has 5 rings (SSSR count). The van der Waals surface area contributed by atoms with Crippen LogP contribution in [0.15, 0.2) is 84.9 Å². The van der Waals surface area contributed by atoms with Crippen molar-refractivity contribution in [3.8, 4) is 0 Å². The average Bonchev–Trinajstić information content (AvgIpc) is 3.41. The second-order valence-electron chi connectivity index (χ2n) is 9.76. The molecule has 2 fully saturated rings. The summed E-state index contributed by atoms with van der Waals surface area (Å²) >= 11 is 0. The minimum absolute atomic E-state index is 0.00405. The molecule has 0 bridgehead atoms. The molecule has 3 aromatic rings. The van der Waals surface area contributed by atoms with Gasteiger partial charge in [0.15, 0.2) is 0 Å². The van der Waals surface area contributed by atoms with Crippen LogP contribution in [0.3, 0.4) is 0 Å². The lowest BCUT2D eigenvalue weighted by molar-refractivity contribution is -0.137. The Hall–Kier alpha value is -3.12. The molecule has 182 valence electrons. The highest BCUT2D eigenvalue weighted by Gasteiger charge is 2.43. The molecule has 1 aliphatic carbocycles. The Labute approximate surface area is 204 Å². The lowest BCUT2D eigenvalue weighted by atomic mass is 9.89. The summed E-state index contributed by atoms with van der Waals surface area (Å²) in [5, 5.41) is 3.35. The highest BCUT2D eigenvalue weighted by atomic mass is 19.4. The molecular formula is C29H29F3N2O. The molecule has 1 aliphatic heterocycles. The van der Waals surface area contributed by atoms with E-state index < -0.39 is 11.7 Å². The molecule has 35 heavy (non-hydrogen) atoms. The van der Waals surface area contributed by atoms with Crippen molar-refractivity contribution in [3.63, 3.8) is 0 Å². The van der Waals surface area contributed by atoms with Crippen LogP contribution in [-0.2, 0) is 17.5 Å². The van der Waals surface area contributed by atoms with Gasteiger partial charge in [-0.3, -0.25) is 9.69 Å². The minimum atomic E-state index is -4.33. The Kier molecular flexibility index (Phi) is 6.65. The van der Waals surface area contributed by atoms with Crippen LogP contribution >= 0.6 is 0 Å². The standard InChI is InChI=1S/C29H29F3N2O/c30-29(31,32)24-13-7-8-20(16-24)17-34-18-23-14-15-26(25(23)19-34)33-28(35)27(21-9-3-1-4-10-21)22-11-5-2-6-12-22/h1-13,16,23,25-27H,14-15,17-19H2,(H,33,35)/t23-,25-,26-/m1/s1. The second kappa shape index (κ2) is 9.86. The van der Waals surface area contributed by atoms with Gasteiger partial charge in [0.1, 0.15) is 0 Å². The van der Waals surface area contributed by atoms with Crippen LogP contribution in [0.4, 0.5) is 13.2 Å². The number of alkyl halides is 3. The molecule has 0 aromatic heterocycles. The maximum absolute atomic E-state index is 13.6. The second-order valence-corrected chi connectivity index (χ2v) is 9.76.